The van der Waals surface area contributed by atoms with E-state index in [1.54, 1.807) is 11.1 Å². The third-order valence-electron chi connectivity index (χ3n) is 3.52. The molecule has 1 atom stereocenters. The van der Waals surface area contributed by atoms with Crippen molar-refractivity contribution < 1.29 is 10.0 Å². The summed E-state index contributed by atoms with van der Waals surface area (Å²) in [4.78, 5) is 14.1. The maximum Gasteiger partial charge on any atom is 0.257 e. The van der Waals surface area contributed by atoms with Crippen molar-refractivity contribution in [3.8, 4) is 0 Å². The number of H-pyrrole nitrogens is 1. The lowest BCUT2D eigenvalue weighted by molar-refractivity contribution is 0.0728. The standard InChI is InChI=1S/C12H18N4O2/c1-3-9-7-16(5-4-11(9)15-18)12(17)10-6-13-14-8(10)2/h6,9,18H,3-5,7H2,1-2H3,(H,13,14). The molecule has 1 amide bonds. The van der Waals surface area contributed by atoms with E-state index in [2.05, 4.69) is 15.4 Å². The van der Waals surface area contributed by atoms with Gasteiger partial charge in [0.15, 0.2) is 0 Å². The largest absolute Gasteiger partial charge is 0.411 e. The molecule has 1 aliphatic heterocycles. The topological polar surface area (TPSA) is 81.6 Å². The van der Waals surface area contributed by atoms with Crippen LogP contribution in [0, 0.1) is 12.8 Å². The molecule has 6 nitrogen and oxygen atoms in total. The highest BCUT2D eigenvalue weighted by Gasteiger charge is 2.29. The summed E-state index contributed by atoms with van der Waals surface area (Å²) < 4.78 is 0. The van der Waals surface area contributed by atoms with E-state index < -0.39 is 0 Å². The number of hydrogen-bond acceptors (Lipinski definition) is 4. The minimum absolute atomic E-state index is 0.00307. The summed E-state index contributed by atoms with van der Waals surface area (Å²) >= 11 is 0. The first-order chi connectivity index (χ1) is 8.67. The summed E-state index contributed by atoms with van der Waals surface area (Å²) in [6, 6.07) is 0. The highest BCUT2D eigenvalue weighted by Crippen LogP contribution is 2.19. The third-order valence-corrected chi connectivity index (χ3v) is 3.52. The van der Waals surface area contributed by atoms with Crippen LogP contribution in [0.15, 0.2) is 11.4 Å². The number of aromatic nitrogens is 2. The SMILES string of the molecule is CCC1CN(C(=O)c2cn[nH]c2C)CCC1=NO. The number of piperidine rings is 1. The van der Waals surface area contributed by atoms with Gasteiger partial charge in [-0.15, -0.1) is 0 Å². The van der Waals surface area contributed by atoms with E-state index in [1.165, 1.54) is 0 Å². The number of hydrogen-bond donors (Lipinski definition) is 2. The summed E-state index contributed by atoms with van der Waals surface area (Å²) in [5.41, 5.74) is 2.20. The van der Waals surface area contributed by atoms with E-state index in [0.717, 1.165) is 17.8 Å². The fourth-order valence-corrected chi connectivity index (χ4v) is 2.33. The highest BCUT2D eigenvalue weighted by atomic mass is 16.4. The molecule has 0 aliphatic carbocycles. The summed E-state index contributed by atoms with van der Waals surface area (Å²) in [5, 5.41) is 18.9. The fourth-order valence-electron chi connectivity index (χ4n) is 2.33. The van der Waals surface area contributed by atoms with Gasteiger partial charge in [0.05, 0.1) is 17.5 Å². The van der Waals surface area contributed by atoms with Crippen molar-refractivity contribution in [2.24, 2.45) is 11.1 Å². The van der Waals surface area contributed by atoms with E-state index >= 15 is 0 Å². The van der Waals surface area contributed by atoms with Gasteiger partial charge in [-0.2, -0.15) is 5.10 Å². The summed E-state index contributed by atoms with van der Waals surface area (Å²) in [6.07, 6.45) is 3.07. The molecule has 2 N–H and O–H groups in total. The second kappa shape index (κ2) is 5.20. The second-order valence-electron chi connectivity index (χ2n) is 4.61. The number of aryl methyl sites for hydroxylation is 1. The van der Waals surface area contributed by atoms with E-state index in [4.69, 9.17) is 5.21 Å². The average molecular weight is 250 g/mol. The molecule has 0 aromatic carbocycles. The number of carbonyl (C=O) groups is 1. The van der Waals surface area contributed by atoms with Gasteiger partial charge in [-0.1, -0.05) is 12.1 Å². The van der Waals surface area contributed by atoms with E-state index in [-0.39, 0.29) is 11.8 Å². The molecule has 2 heterocycles. The van der Waals surface area contributed by atoms with Crippen LogP contribution >= 0.6 is 0 Å². The Bertz CT molecular complexity index is 466. The zero-order valence-electron chi connectivity index (χ0n) is 10.7. The molecule has 98 valence electrons. The van der Waals surface area contributed by atoms with Crippen LogP contribution in [0.3, 0.4) is 0 Å². The molecule has 1 saturated heterocycles. The lowest BCUT2D eigenvalue weighted by Gasteiger charge is -2.32. The molecule has 0 bridgehead atoms. The molecule has 2 rings (SSSR count). The van der Waals surface area contributed by atoms with Crippen LogP contribution < -0.4 is 0 Å². The van der Waals surface area contributed by atoms with Crippen LogP contribution in [-0.4, -0.2) is 45.0 Å². The molecule has 1 aromatic heterocycles. The van der Waals surface area contributed by atoms with Crippen LogP contribution in [0.4, 0.5) is 0 Å². The summed E-state index contributed by atoms with van der Waals surface area (Å²) in [7, 11) is 0. The Kier molecular flexibility index (Phi) is 3.64. The van der Waals surface area contributed by atoms with Gasteiger partial charge in [-0.3, -0.25) is 9.89 Å². The summed E-state index contributed by atoms with van der Waals surface area (Å²) in [6.45, 7) is 5.08. The van der Waals surface area contributed by atoms with Gasteiger partial charge in [0.1, 0.15) is 0 Å². The molecule has 1 aliphatic rings. The number of nitrogens with one attached hydrogen (secondary N) is 1. The van der Waals surface area contributed by atoms with Gasteiger partial charge in [-0.25, -0.2) is 0 Å². The van der Waals surface area contributed by atoms with Crippen molar-refractivity contribution in [3.05, 3.63) is 17.5 Å². The van der Waals surface area contributed by atoms with Crippen LogP contribution in [0.5, 0.6) is 0 Å². The number of carbonyl (C=O) groups excluding carboxylic acids is 1. The number of oxime groups is 1. The zero-order valence-corrected chi connectivity index (χ0v) is 10.7. The maximum absolute atomic E-state index is 12.3. The Morgan fingerprint density at radius 1 is 1.72 bits per heavy atom. The Morgan fingerprint density at radius 2 is 2.50 bits per heavy atom. The molecule has 1 aromatic rings. The van der Waals surface area contributed by atoms with Crippen molar-refractivity contribution in [1.29, 1.82) is 0 Å². The van der Waals surface area contributed by atoms with E-state index in [9.17, 15) is 4.79 Å². The monoisotopic (exact) mass is 250 g/mol. The number of rotatable bonds is 2. The molecule has 18 heavy (non-hydrogen) atoms. The number of amides is 1. The average Bonchev–Trinajstić information content (AvgIpc) is 2.83. The molecule has 0 radical (unpaired) electrons. The second-order valence-corrected chi connectivity index (χ2v) is 4.61. The molecule has 0 spiro atoms. The molecule has 6 heteroatoms. The first-order valence-electron chi connectivity index (χ1n) is 6.17. The van der Waals surface area contributed by atoms with Crippen molar-refractivity contribution in [1.82, 2.24) is 15.1 Å². The van der Waals surface area contributed by atoms with Gasteiger partial charge in [0.2, 0.25) is 0 Å². The zero-order chi connectivity index (χ0) is 13.1. The predicted octanol–water partition coefficient (Wildman–Crippen LogP) is 1.42. The first-order valence-corrected chi connectivity index (χ1v) is 6.17. The lowest BCUT2D eigenvalue weighted by atomic mass is 9.93. The van der Waals surface area contributed by atoms with Crippen molar-refractivity contribution in [2.45, 2.75) is 26.7 Å². The normalized spacial score (nSPS) is 22.4. The maximum atomic E-state index is 12.3. The number of nitrogens with zero attached hydrogens (tertiary/aromatic N) is 3. The van der Waals surface area contributed by atoms with Gasteiger partial charge in [0, 0.05) is 31.1 Å². The molecule has 1 fully saturated rings. The molecular weight excluding hydrogens is 232 g/mol. The minimum Gasteiger partial charge on any atom is -0.411 e. The van der Waals surface area contributed by atoms with Crippen LogP contribution in [0.25, 0.3) is 0 Å². The Hall–Kier alpha value is -1.85. The summed E-state index contributed by atoms with van der Waals surface area (Å²) in [5.74, 6) is 0.150. The van der Waals surface area contributed by atoms with E-state index in [1.807, 2.05) is 13.8 Å². The highest BCUT2D eigenvalue weighted by molar-refractivity contribution is 5.97. The van der Waals surface area contributed by atoms with Crippen molar-refractivity contribution >= 4 is 11.6 Å². The van der Waals surface area contributed by atoms with Crippen LogP contribution in [0.2, 0.25) is 0 Å². The predicted molar refractivity (Wildman–Crippen MR) is 66.8 cm³/mol. The van der Waals surface area contributed by atoms with Gasteiger partial charge >= 0.3 is 0 Å². The molecule has 1 unspecified atom stereocenters. The Balaban J connectivity index is 2.12. The van der Waals surface area contributed by atoms with E-state index in [0.29, 0.717) is 25.1 Å². The Morgan fingerprint density at radius 3 is 3.06 bits per heavy atom. The van der Waals surface area contributed by atoms with Gasteiger partial charge in [-0.05, 0) is 13.3 Å². The Labute approximate surface area is 106 Å². The van der Waals surface area contributed by atoms with Crippen molar-refractivity contribution in [2.75, 3.05) is 13.1 Å². The third kappa shape index (κ3) is 2.23. The quantitative estimate of drug-likeness (QED) is 0.615. The number of aromatic amines is 1. The first kappa shape index (κ1) is 12.6. The van der Waals surface area contributed by atoms with Gasteiger partial charge in [0.25, 0.3) is 5.91 Å². The van der Waals surface area contributed by atoms with Crippen LogP contribution in [-0.2, 0) is 0 Å². The number of likely N-dealkylation sites (tertiary alicyclic amines) is 1. The minimum atomic E-state index is -0.00307. The van der Waals surface area contributed by atoms with Crippen LogP contribution in [0.1, 0.15) is 35.8 Å². The molecular formula is C12H18N4O2. The fraction of sp³-hybridized carbons (Fsp3) is 0.583. The van der Waals surface area contributed by atoms with Gasteiger partial charge < -0.3 is 10.1 Å². The lowest BCUT2D eigenvalue weighted by Crippen LogP contribution is -2.44. The smallest absolute Gasteiger partial charge is 0.257 e. The molecule has 0 saturated carbocycles. The van der Waals surface area contributed by atoms with Crippen molar-refractivity contribution in [3.63, 3.8) is 0 Å².